The van der Waals surface area contributed by atoms with Crippen molar-refractivity contribution < 1.29 is 23.7 Å². The summed E-state index contributed by atoms with van der Waals surface area (Å²) < 4.78 is 10.6. The third-order valence-corrected chi connectivity index (χ3v) is 5.26. The van der Waals surface area contributed by atoms with Gasteiger partial charge < -0.3 is 14.9 Å². The quantitative estimate of drug-likeness (QED) is 0.250. The number of nitrogen functional groups attached to an aromatic ring is 1. The molecular weight excluding hydrogens is 452 g/mol. The predicted octanol–water partition coefficient (Wildman–Crippen LogP) is 3.96. The number of carbonyl (C=O) groups is 2. The SMILES string of the molecule is Nc1cc([N+](=O)[O-])ccc1C(=O)OCC(=O)N1N=C(c2ccc(Cl)cc2)CC1c1ccco1. The highest BCUT2D eigenvalue weighted by Crippen LogP contribution is 2.33. The van der Waals surface area contributed by atoms with E-state index in [1.165, 1.54) is 17.3 Å². The third-order valence-electron chi connectivity index (χ3n) is 5.01. The molecule has 1 aliphatic rings. The largest absolute Gasteiger partial charge is 0.467 e. The Balaban J connectivity index is 1.50. The molecule has 2 heterocycles. The molecule has 0 bridgehead atoms. The molecule has 0 fully saturated rings. The standard InChI is InChI=1S/C22H17ClN4O6/c23-14-5-3-13(4-6-14)18-11-19(20-2-1-9-32-20)26(25-18)21(28)12-33-22(29)16-8-7-15(27(30)31)10-17(16)24/h1-10,19H,11-12,24H2. The van der Waals surface area contributed by atoms with Crippen molar-refractivity contribution in [2.75, 3.05) is 12.3 Å². The van der Waals surface area contributed by atoms with Crippen LogP contribution in [-0.2, 0) is 9.53 Å². The van der Waals surface area contributed by atoms with Crippen molar-refractivity contribution in [3.05, 3.63) is 92.9 Å². The van der Waals surface area contributed by atoms with Gasteiger partial charge in [-0.1, -0.05) is 23.7 Å². The summed E-state index contributed by atoms with van der Waals surface area (Å²) in [4.78, 5) is 35.5. The Morgan fingerprint density at radius 2 is 2.00 bits per heavy atom. The maximum Gasteiger partial charge on any atom is 0.340 e. The summed E-state index contributed by atoms with van der Waals surface area (Å²) in [5, 5.41) is 17.0. The van der Waals surface area contributed by atoms with Crippen molar-refractivity contribution in [3.63, 3.8) is 0 Å². The van der Waals surface area contributed by atoms with Gasteiger partial charge in [0.1, 0.15) is 11.8 Å². The zero-order valence-electron chi connectivity index (χ0n) is 17.0. The van der Waals surface area contributed by atoms with Crippen molar-refractivity contribution in [2.45, 2.75) is 12.5 Å². The van der Waals surface area contributed by atoms with Crippen molar-refractivity contribution in [1.82, 2.24) is 5.01 Å². The zero-order chi connectivity index (χ0) is 23.5. The summed E-state index contributed by atoms with van der Waals surface area (Å²) >= 11 is 5.95. The Bertz CT molecular complexity index is 1240. The number of amides is 1. The lowest BCUT2D eigenvalue weighted by Gasteiger charge is -2.19. The van der Waals surface area contributed by atoms with Gasteiger partial charge in [-0.25, -0.2) is 9.80 Å². The predicted molar refractivity (Wildman–Crippen MR) is 119 cm³/mol. The molecule has 11 heteroatoms. The van der Waals surface area contributed by atoms with Crippen LogP contribution in [0.15, 0.2) is 70.4 Å². The van der Waals surface area contributed by atoms with Gasteiger partial charge in [0.05, 0.1) is 28.1 Å². The summed E-state index contributed by atoms with van der Waals surface area (Å²) in [7, 11) is 0. The number of hydrogen-bond acceptors (Lipinski definition) is 8. The second-order valence-electron chi connectivity index (χ2n) is 7.13. The number of halogens is 1. The van der Waals surface area contributed by atoms with Crippen LogP contribution in [0.4, 0.5) is 11.4 Å². The highest BCUT2D eigenvalue weighted by molar-refractivity contribution is 6.30. The molecule has 2 N–H and O–H groups in total. The number of hydrazone groups is 1. The third kappa shape index (κ3) is 4.70. The highest BCUT2D eigenvalue weighted by atomic mass is 35.5. The summed E-state index contributed by atoms with van der Waals surface area (Å²) in [5.74, 6) is -0.928. The van der Waals surface area contributed by atoms with Gasteiger partial charge in [0, 0.05) is 23.6 Å². The molecule has 168 valence electrons. The van der Waals surface area contributed by atoms with Crippen molar-refractivity contribution >= 4 is 40.6 Å². The van der Waals surface area contributed by atoms with E-state index < -0.39 is 29.4 Å². The minimum atomic E-state index is -0.883. The zero-order valence-corrected chi connectivity index (χ0v) is 17.8. The number of non-ortho nitro benzene ring substituents is 1. The van der Waals surface area contributed by atoms with E-state index in [9.17, 15) is 19.7 Å². The number of esters is 1. The molecular formula is C22H17ClN4O6. The smallest absolute Gasteiger partial charge is 0.340 e. The van der Waals surface area contributed by atoms with Crippen LogP contribution in [0.2, 0.25) is 5.02 Å². The fourth-order valence-corrected chi connectivity index (χ4v) is 3.51. The van der Waals surface area contributed by atoms with Gasteiger partial charge in [-0.15, -0.1) is 0 Å². The Hall–Kier alpha value is -4.18. The van der Waals surface area contributed by atoms with E-state index in [-0.39, 0.29) is 16.9 Å². The molecule has 0 saturated heterocycles. The van der Waals surface area contributed by atoms with Crippen molar-refractivity contribution in [1.29, 1.82) is 0 Å². The number of furan rings is 1. The highest BCUT2D eigenvalue weighted by Gasteiger charge is 2.35. The molecule has 0 radical (unpaired) electrons. The van der Waals surface area contributed by atoms with Gasteiger partial charge in [-0.3, -0.25) is 14.9 Å². The van der Waals surface area contributed by atoms with Crippen LogP contribution in [0, 0.1) is 10.1 Å². The number of nitro benzene ring substituents is 1. The molecule has 33 heavy (non-hydrogen) atoms. The van der Waals surface area contributed by atoms with Gasteiger partial charge >= 0.3 is 5.97 Å². The molecule has 0 spiro atoms. The summed E-state index contributed by atoms with van der Waals surface area (Å²) in [5.41, 5.74) is 6.69. The maximum atomic E-state index is 12.9. The Morgan fingerprint density at radius 1 is 1.24 bits per heavy atom. The molecule has 1 atom stereocenters. The van der Waals surface area contributed by atoms with Crippen LogP contribution in [0.25, 0.3) is 0 Å². The maximum absolute atomic E-state index is 12.9. The number of nitrogens with zero attached hydrogens (tertiary/aromatic N) is 3. The minimum Gasteiger partial charge on any atom is -0.467 e. The fraction of sp³-hybridized carbons (Fsp3) is 0.136. The topological polar surface area (TPSA) is 141 Å². The van der Waals surface area contributed by atoms with E-state index in [0.717, 1.165) is 17.7 Å². The summed E-state index contributed by atoms with van der Waals surface area (Å²) in [6, 6.07) is 13.3. The van der Waals surface area contributed by atoms with E-state index in [1.807, 2.05) is 0 Å². The number of ether oxygens (including phenoxy) is 1. The molecule has 2 aromatic carbocycles. The van der Waals surface area contributed by atoms with E-state index in [2.05, 4.69) is 5.10 Å². The van der Waals surface area contributed by atoms with Crippen molar-refractivity contribution in [2.24, 2.45) is 5.10 Å². The Morgan fingerprint density at radius 3 is 2.64 bits per heavy atom. The average Bonchev–Trinajstić information content (AvgIpc) is 3.47. The second-order valence-corrected chi connectivity index (χ2v) is 7.57. The lowest BCUT2D eigenvalue weighted by Crippen LogP contribution is -2.31. The number of carbonyl (C=O) groups excluding carboxylic acids is 2. The first-order valence-electron chi connectivity index (χ1n) is 9.73. The first-order valence-corrected chi connectivity index (χ1v) is 10.1. The second kappa shape index (κ2) is 9.13. The molecule has 0 aliphatic carbocycles. The van der Waals surface area contributed by atoms with E-state index in [1.54, 1.807) is 36.4 Å². The number of nitro groups is 1. The molecule has 1 amide bonds. The van der Waals surface area contributed by atoms with Crippen LogP contribution in [0.1, 0.15) is 34.1 Å². The van der Waals surface area contributed by atoms with Crippen LogP contribution >= 0.6 is 11.6 Å². The molecule has 0 saturated carbocycles. The fourth-order valence-electron chi connectivity index (χ4n) is 3.38. The molecule has 10 nitrogen and oxygen atoms in total. The number of hydrogen-bond donors (Lipinski definition) is 1. The number of benzene rings is 2. The molecule has 1 aromatic heterocycles. The molecule has 4 rings (SSSR count). The van der Waals surface area contributed by atoms with E-state index in [0.29, 0.717) is 22.9 Å². The molecule has 1 aliphatic heterocycles. The summed E-state index contributed by atoms with van der Waals surface area (Å²) in [6.07, 6.45) is 1.89. The van der Waals surface area contributed by atoms with Crippen LogP contribution in [-0.4, -0.2) is 34.1 Å². The lowest BCUT2D eigenvalue weighted by molar-refractivity contribution is -0.384. The van der Waals surface area contributed by atoms with Gasteiger partial charge in [0.2, 0.25) is 0 Å². The Kier molecular flexibility index (Phi) is 6.09. The number of anilines is 1. The minimum absolute atomic E-state index is 0.0808. The average molecular weight is 469 g/mol. The first-order chi connectivity index (χ1) is 15.8. The van der Waals surface area contributed by atoms with Gasteiger partial charge in [-0.2, -0.15) is 5.10 Å². The van der Waals surface area contributed by atoms with E-state index >= 15 is 0 Å². The lowest BCUT2D eigenvalue weighted by atomic mass is 10.0. The van der Waals surface area contributed by atoms with Gasteiger partial charge in [0.15, 0.2) is 6.61 Å². The number of rotatable bonds is 6. The van der Waals surface area contributed by atoms with Crippen LogP contribution in [0.5, 0.6) is 0 Å². The Labute approximate surface area is 192 Å². The summed E-state index contributed by atoms with van der Waals surface area (Å²) in [6.45, 7) is -0.607. The van der Waals surface area contributed by atoms with Crippen LogP contribution < -0.4 is 5.73 Å². The molecule has 3 aromatic rings. The first kappa shape index (κ1) is 22.0. The van der Waals surface area contributed by atoms with Gasteiger partial charge in [0.25, 0.3) is 11.6 Å². The number of nitrogens with two attached hydrogens (primary N) is 1. The van der Waals surface area contributed by atoms with E-state index in [4.69, 9.17) is 26.5 Å². The van der Waals surface area contributed by atoms with Gasteiger partial charge in [-0.05, 0) is 35.9 Å². The monoisotopic (exact) mass is 468 g/mol. The molecule has 1 unspecified atom stereocenters. The normalized spacial score (nSPS) is 15.2. The van der Waals surface area contributed by atoms with Crippen molar-refractivity contribution in [3.8, 4) is 0 Å². The van der Waals surface area contributed by atoms with Crippen LogP contribution in [0.3, 0.4) is 0 Å².